The number of ether oxygens (including phenoxy) is 1. The van der Waals surface area contributed by atoms with Crippen molar-refractivity contribution in [1.82, 2.24) is 24.8 Å². The highest BCUT2D eigenvalue weighted by molar-refractivity contribution is 5.97. The van der Waals surface area contributed by atoms with Crippen LogP contribution in [-0.4, -0.2) is 58.3 Å². The van der Waals surface area contributed by atoms with Gasteiger partial charge in [-0.15, -0.1) is 0 Å². The number of likely N-dealkylation sites (tertiary alicyclic amines) is 1. The van der Waals surface area contributed by atoms with E-state index in [9.17, 15) is 22.8 Å². The number of fused-ring (bicyclic) bond motifs is 2. The highest BCUT2D eigenvalue weighted by atomic mass is 19.4. The lowest BCUT2D eigenvalue weighted by Gasteiger charge is -2.40. The van der Waals surface area contributed by atoms with E-state index in [1.165, 1.54) is 29.1 Å². The van der Waals surface area contributed by atoms with Crippen molar-refractivity contribution in [1.29, 1.82) is 0 Å². The summed E-state index contributed by atoms with van der Waals surface area (Å²) in [6.07, 6.45) is -1.20. The second-order valence-electron chi connectivity index (χ2n) is 7.67. The molecule has 4 rings (SSSR count). The van der Waals surface area contributed by atoms with Gasteiger partial charge in [0, 0.05) is 25.9 Å². The number of alkyl halides is 3. The van der Waals surface area contributed by atoms with E-state index in [4.69, 9.17) is 4.74 Å². The van der Waals surface area contributed by atoms with E-state index in [1.807, 2.05) is 0 Å². The Kier molecular flexibility index (Phi) is 5.12. The van der Waals surface area contributed by atoms with E-state index in [2.05, 4.69) is 20.6 Å². The molecule has 1 saturated heterocycles. The molecule has 2 aliphatic rings. The quantitative estimate of drug-likeness (QED) is 0.750. The Hall–Kier alpha value is -3.15. The van der Waals surface area contributed by atoms with Crippen LogP contribution in [0, 0.1) is 6.92 Å². The van der Waals surface area contributed by atoms with Crippen molar-refractivity contribution in [2.24, 2.45) is 0 Å². The molecule has 0 atom stereocenters. The number of aromatic nitrogens is 3. The first-order valence-corrected chi connectivity index (χ1v) is 9.63. The molecule has 12 heteroatoms. The summed E-state index contributed by atoms with van der Waals surface area (Å²) in [6, 6.07) is 1.55. The zero-order chi connectivity index (χ0) is 22.4. The Morgan fingerprint density at radius 3 is 2.65 bits per heavy atom. The van der Waals surface area contributed by atoms with Gasteiger partial charge in [0.25, 0.3) is 11.5 Å². The third-order valence-electron chi connectivity index (χ3n) is 5.62. The molecule has 1 spiro atoms. The van der Waals surface area contributed by atoms with Gasteiger partial charge >= 0.3 is 6.18 Å². The van der Waals surface area contributed by atoms with Crippen LogP contribution in [0.25, 0.3) is 0 Å². The lowest BCUT2D eigenvalue weighted by molar-refractivity contribution is -0.150. The number of anilines is 2. The molecule has 4 heterocycles. The Morgan fingerprint density at radius 1 is 1.29 bits per heavy atom. The molecule has 31 heavy (non-hydrogen) atoms. The van der Waals surface area contributed by atoms with Gasteiger partial charge in [0.15, 0.2) is 11.6 Å². The van der Waals surface area contributed by atoms with Crippen LogP contribution in [0.5, 0.6) is 5.75 Å². The number of hydrogen-bond acceptors (Lipinski definition) is 7. The molecular formula is C19H21F3N6O3. The number of hydrogen-bond donors (Lipinski definition) is 2. The second-order valence-corrected chi connectivity index (χ2v) is 7.67. The number of piperidine rings is 1. The van der Waals surface area contributed by atoms with Gasteiger partial charge in [-0.05, 0) is 18.6 Å². The predicted molar refractivity (Wildman–Crippen MR) is 104 cm³/mol. The number of aryl methyl sites for hydroxylation is 1. The van der Waals surface area contributed by atoms with Crippen LogP contribution in [0.15, 0.2) is 23.4 Å². The number of halogens is 3. The zero-order valence-electron chi connectivity index (χ0n) is 16.9. The smallest absolute Gasteiger partial charge is 0.401 e. The van der Waals surface area contributed by atoms with E-state index in [-0.39, 0.29) is 43.1 Å². The molecule has 2 aromatic rings. The molecule has 9 nitrogen and oxygen atoms in total. The van der Waals surface area contributed by atoms with Gasteiger partial charge < -0.3 is 15.4 Å². The third kappa shape index (κ3) is 3.82. The van der Waals surface area contributed by atoms with Crippen LogP contribution < -0.4 is 20.9 Å². The lowest BCUT2D eigenvalue weighted by Crippen LogP contribution is -2.55. The fraction of sp³-hybridized carbons (Fsp3) is 0.474. The van der Waals surface area contributed by atoms with Crippen molar-refractivity contribution in [3.8, 4) is 5.75 Å². The van der Waals surface area contributed by atoms with Crippen LogP contribution in [-0.2, 0) is 5.66 Å². The van der Waals surface area contributed by atoms with Gasteiger partial charge in [-0.25, -0.2) is 9.97 Å². The van der Waals surface area contributed by atoms with E-state index in [1.54, 1.807) is 13.0 Å². The van der Waals surface area contributed by atoms with Crippen molar-refractivity contribution >= 4 is 17.4 Å². The highest BCUT2D eigenvalue weighted by Gasteiger charge is 2.47. The summed E-state index contributed by atoms with van der Waals surface area (Å²) in [4.78, 5) is 35.3. The van der Waals surface area contributed by atoms with Crippen LogP contribution in [0.4, 0.5) is 24.7 Å². The molecule has 0 aromatic carbocycles. The molecule has 0 bridgehead atoms. The average molecular weight is 438 g/mol. The maximum Gasteiger partial charge on any atom is 0.401 e. The topological polar surface area (TPSA) is 101 Å². The molecule has 2 N–H and O–H groups in total. The summed E-state index contributed by atoms with van der Waals surface area (Å²) < 4.78 is 44.8. The van der Waals surface area contributed by atoms with E-state index < -0.39 is 29.9 Å². The zero-order valence-corrected chi connectivity index (χ0v) is 16.9. The number of pyridine rings is 1. The Labute approximate surface area is 175 Å². The van der Waals surface area contributed by atoms with Crippen LogP contribution in [0.1, 0.15) is 28.9 Å². The summed E-state index contributed by atoms with van der Waals surface area (Å²) >= 11 is 0. The van der Waals surface area contributed by atoms with Gasteiger partial charge in [0.1, 0.15) is 23.4 Å². The molecule has 0 unspecified atom stereocenters. The lowest BCUT2D eigenvalue weighted by atomic mass is 9.96. The summed E-state index contributed by atoms with van der Waals surface area (Å²) in [7, 11) is 1.44. The Bertz CT molecular complexity index is 1080. The predicted octanol–water partition coefficient (Wildman–Crippen LogP) is 1.75. The first-order chi connectivity index (χ1) is 14.6. The normalized spacial score (nSPS) is 18.0. The molecule has 166 valence electrons. The maximum atomic E-state index is 13.4. The minimum Gasteiger partial charge on any atom is -0.491 e. The van der Waals surface area contributed by atoms with Gasteiger partial charge in [-0.3, -0.25) is 19.1 Å². The fourth-order valence-corrected chi connectivity index (χ4v) is 4.22. The fourth-order valence-electron chi connectivity index (χ4n) is 4.22. The maximum absolute atomic E-state index is 13.4. The van der Waals surface area contributed by atoms with Crippen LogP contribution in [0.2, 0.25) is 0 Å². The average Bonchev–Trinajstić information content (AvgIpc) is 2.99. The van der Waals surface area contributed by atoms with Gasteiger partial charge in [0.2, 0.25) is 0 Å². The number of methoxy groups -OCH3 is 1. The second kappa shape index (κ2) is 7.52. The molecule has 1 fully saturated rings. The summed E-state index contributed by atoms with van der Waals surface area (Å²) in [6.45, 7) is 0.877. The first-order valence-electron chi connectivity index (χ1n) is 9.63. The Morgan fingerprint density at radius 2 is 2.00 bits per heavy atom. The Balaban J connectivity index is 1.70. The van der Waals surface area contributed by atoms with Crippen molar-refractivity contribution in [2.75, 3.05) is 32.1 Å². The van der Waals surface area contributed by atoms with E-state index in [0.717, 1.165) is 0 Å². The van der Waals surface area contributed by atoms with Crippen LogP contribution >= 0.6 is 0 Å². The highest BCUT2D eigenvalue weighted by Crippen LogP contribution is 2.35. The van der Waals surface area contributed by atoms with Crippen molar-refractivity contribution < 1.29 is 22.7 Å². The van der Waals surface area contributed by atoms with E-state index >= 15 is 0 Å². The third-order valence-corrected chi connectivity index (χ3v) is 5.62. The number of nitrogens with one attached hydrogen (secondary N) is 2. The molecule has 1 amide bonds. The molecule has 0 saturated carbocycles. The minimum atomic E-state index is -4.30. The van der Waals surface area contributed by atoms with Crippen molar-refractivity contribution in [3.05, 3.63) is 40.2 Å². The van der Waals surface area contributed by atoms with Gasteiger partial charge in [-0.2, -0.15) is 13.2 Å². The summed E-state index contributed by atoms with van der Waals surface area (Å²) in [5.74, 6) is 0.195. The molecular weight excluding hydrogens is 417 g/mol. The SMILES string of the molecule is COc1cncnc1Nc1cc(C)c2n(c1=O)C1(CCN(CC(F)(F)F)CC1)NC2=O. The van der Waals surface area contributed by atoms with Crippen LogP contribution in [0.3, 0.4) is 0 Å². The van der Waals surface area contributed by atoms with Crippen molar-refractivity contribution in [2.45, 2.75) is 31.6 Å². The number of amides is 1. The van der Waals surface area contributed by atoms with E-state index in [0.29, 0.717) is 11.3 Å². The number of rotatable bonds is 4. The molecule has 2 aromatic heterocycles. The number of carbonyl (C=O) groups is 1. The minimum absolute atomic E-state index is 0.0993. The summed E-state index contributed by atoms with van der Waals surface area (Å²) in [5.41, 5.74) is -0.587. The van der Waals surface area contributed by atoms with Crippen molar-refractivity contribution in [3.63, 3.8) is 0 Å². The standard InChI is InChI=1S/C19H21F3N6O3/c1-11-7-12(25-15-13(31-2)8-23-10-24-15)17(30)28-14(11)16(29)26-18(28)3-5-27(6-4-18)9-19(20,21)22/h7-8,10H,3-6,9H2,1-2H3,(H,26,29)(H,23,24,25). The number of nitrogens with zero attached hydrogens (tertiary/aromatic N) is 4. The largest absolute Gasteiger partial charge is 0.491 e. The monoisotopic (exact) mass is 438 g/mol. The first kappa shape index (κ1) is 21.1. The van der Waals surface area contributed by atoms with Gasteiger partial charge in [-0.1, -0.05) is 0 Å². The van der Waals surface area contributed by atoms with Gasteiger partial charge in [0.05, 0.1) is 19.9 Å². The number of carbonyl (C=O) groups excluding carboxylic acids is 1. The molecule has 0 aliphatic carbocycles. The summed E-state index contributed by atoms with van der Waals surface area (Å²) in [5, 5.41) is 5.78. The molecule has 0 radical (unpaired) electrons. The molecule has 2 aliphatic heterocycles.